The van der Waals surface area contributed by atoms with Gasteiger partial charge in [0.2, 0.25) is 5.69 Å². The molecular formula is C6H3N7O6. The number of hydrogen-bond acceptors (Lipinski definition) is 9. The Morgan fingerprint density at radius 1 is 1.16 bits per heavy atom. The Morgan fingerprint density at radius 3 is 2.26 bits per heavy atom. The summed E-state index contributed by atoms with van der Waals surface area (Å²) in [5, 5.41) is 31.2. The number of aromatic nitrogens is 3. The summed E-state index contributed by atoms with van der Waals surface area (Å²) in [5.41, 5.74) is 2.30. The zero-order valence-corrected chi connectivity index (χ0v) is 8.79. The van der Waals surface area contributed by atoms with Crippen LogP contribution in [0.5, 0.6) is 0 Å². The standard InChI is InChI=1S/C6H3N7O6/c7-2-3(11(14)15)4-5(9-6(2)12(16)17)8-1-10(4)13(18)19/h1H,7H2. The van der Waals surface area contributed by atoms with E-state index in [1.807, 2.05) is 0 Å². The third-order valence-corrected chi connectivity index (χ3v) is 2.19. The van der Waals surface area contributed by atoms with Crippen molar-refractivity contribution in [3.63, 3.8) is 0 Å². The summed E-state index contributed by atoms with van der Waals surface area (Å²) in [4.78, 5) is 36.9. The van der Waals surface area contributed by atoms with Gasteiger partial charge < -0.3 is 15.8 Å². The lowest BCUT2D eigenvalue weighted by atomic mass is 10.3. The van der Waals surface area contributed by atoms with Crippen molar-refractivity contribution in [1.82, 2.24) is 14.6 Å². The van der Waals surface area contributed by atoms with Crippen LogP contribution >= 0.6 is 0 Å². The van der Waals surface area contributed by atoms with Gasteiger partial charge in [0.1, 0.15) is 0 Å². The number of anilines is 1. The summed E-state index contributed by atoms with van der Waals surface area (Å²) < 4.78 is 0.223. The van der Waals surface area contributed by atoms with Crippen molar-refractivity contribution in [3.05, 3.63) is 36.7 Å². The Kier molecular flexibility index (Phi) is 2.43. The Morgan fingerprint density at radius 2 is 1.79 bits per heavy atom. The first-order valence-electron chi connectivity index (χ1n) is 4.44. The van der Waals surface area contributed by atoms with Crippen LogP contribution in [0.15, 0.2) is 6.33 Å². The maximum Gasteiger partial charge on any atom is 0.396 e. The molecule has 0 radical (unpaired) electrons. The molecule has 0 amide bonds. The zero-order valence-electron chi connectivity index (χ0n) is 8.79. The number of nitrogens with two attached hydrogens (primary N) is 1. The van der Waals surface area contributed by atoms with Crippen molar-refractivity contribution in [2.24, 2.45) is 0 Å². The topological polar surface area (TPSA) is 186 Å². The van der Waals surface area contributed by atoms with Crippen LogP contribution in [0.3, 0.4) is 0 Å². The first kappa shape index (κ1) is 12.1. The summed E-state index contributed by atoms with van der Waals surface area (Å²) in [5.74, 6) is -0.979. The maximum absolute atomic E-state index is 10.9. The molecule has 0 spiro atoms. The SMILES string of the molecule is Nc1c([N+](=O)[O-])nc2ncn([N+](=O)[O-])c2c1[N+](=O)[O-]. The van der Waals surface area contributed by atoms with Gasteiger partial charge in [0.05, 0.1) is 4.92 Å². The number of fused-ring (bicyclic) bond motifs is 1. The van der Waals surface area contributed by atoms with Gasteiger partial charge in [-0.3, -0.25) is 10.1 Å². The molecule has 0 saturated carbocycles. The number of hydrogen-bond donors (Lipinski definition) is 1. The molecule has 0 aliphatic rings. The van der Waals surface area contributed by atoms with Crippen LogP contribution in [0.25, 0.3) is 11.2 Å². The highest BCUT2D eigenvalue weighted by Crippen LogP contribution is 2.35. The molecule has 0 aliphatic carbocycles. The van der Waals surface area contributed by atoms with Gasteiger partial charge in [-0.25, -0.2) is 10.1 Å². The van der Waals surface area contributed by atoms with E-state index < -0.39 is 43.2 Å². The van der Waals surface area contributed by atoms with E-state index in [0.29, 0.717) is 6.33 Å². The molecule has 2 N–H and O–H groups in total. The second kappa shape index (κ2) is 3.83. The van der Waals surface area contributed by atoms with Crippen molar-refractivity contribution in [2.45, 2.75) is 0 Å². The summed E-state index contributed by atoms with van der Waals surface area (Å²) in [6.07, 6.45) is 0.647. The molecule has 19 heavy (non-hydrogen) atoms. The van der Waals surface area contributed by atoms with Gasteiger partial charge >= 0.3 is 17.2 Å². The first-order valence-corrected chi connectivity index (χ1v) is 4.44. The van der Waals surface area contributed by atoms with Crippen LogP contribution < -0.4 is 5.73 Å². The molecule has 2 aromatic heterocycles. The van der Waals surface area contributed by atoms with Crippen molar-refractivity contribution in [1.29, 1.82) is 0 Å². The average Bonchev–Trinajstić information content (AvgIpc) is 2.70. The molecule has 0 saturated heterocycles. The Balaban J connectivity index is 2.99. The lowest BCUT2D eigenvalue weighted by Gasteiger charge is -1.99. The molecule has 0 fully saturated rings. The van der Waals surface area contributed by atoms with E-state index in [1.54, 1.807) is 0 Å². The van der Waals surface area contributed by atoms with Crippen LogP contribution in [0, 0.1) is 30.3 Å². The largest absolute Gasteiger partial charge is 0.396 e. The zero-order chi connectivity index (χ0) is 14.3. The maximum atomic E-state index is 10.9. The minimum Gasteiger partial charge on any atom is -0.386 e. The Hall–Kier alpha value is -3.38. The molecule has 0 atom stereocenters. The molecule has 2 heterocycles. The fourth-order valence-electron chi connectivity index (χ4n) is 1.47. The van der Waals surface area contributed by atoms with E-state index in [4.69, 9.17) is 5.73 Å². The first-order chi connectivity index (χ1) is 8.84. The monoisotopic (exact) mass is 269 g/mol. The molecule has 0 aliphatic heterocycles. The highest BCUT2D eigenvalue weighted by molar-refractivity contribution is 5.91. The van der Waals surface area contributed by atoms with Crippen LogP contribution in [0.1, 0.15) is 0 Å². The van der Waals surface area contributed by atoms with Crippen molar-refractivity contribution < 1.29 is 14.9 Å². The molecule has 2 aromatic rings. The van der Waals surface area contributed by atoms with Crippen LogP contribution in [-0.4, -0.2) is 29.5 Å². The Bertz CT molecular complexity index is 735. The van der Waals surface area contributed by atoms with Gasteiger partial charge in [-0.15, -0.1) is 0 Å². The minimum atomic E-state index is -1.06. The molecule has 13 heteroatoms. The van der Waals surface area contributed by atoms with Crippen molar-refractivity contribution in [3.8, 4) is 0 Å². The lowest BCUT2D eigenvalue weighted by molar-refractivity contribution is -0.538. The quantitative estimate of drug-likeness (QED) is 0.584. The average molecular weight is 269 g/mol. The van der Waals surface area contributed by atoms with E-state index in [1.165, 1.54) is 0 Å². The number of nitrogens with zero attached hydrogens (tertiary/aromatic N) is 6. The van der Waals surface area contributed by atoms with Gasteiger partial charge in [-0.1, -0.05) is 0 Å². The molecular weight excluding hydrogens is 266 g/mol. The molecule has 0 aromatic carbocycles. The molecule has 2 rings (SSSR count). The van der Waals surface area contributed by atoms with Crippen LogP contribution in [0.4, 0.5) is 17.2 Å². The van der Waals surface area contributed by atoms with Crippen molar-refractivity contribution in [2.75, 3.05) is 5.73 Å². The highest BCUT2D eigenvalue weighted by atomic mass is 16.7. The predicted octanol–water partition coefficient (Wildman–Crippen LogP) is -0.130. The normalized spacial score (nSPS) is 10.5. The van der Waals surface area contributed by atoms with Gasteiger partial charge in [-0.2, -0.15) is 4.98 Å². The molecule has 0 unspecified atom stereocenters. The summed E-state index contributed by atoms with van der Waals surface area (Å²) in [6, 6.07) is 0. The van der Waals surface area contributed by atoms with Gasteiger partial charge in [-0.05, 0) is 14.6 Å². The van der Waals surface area contributed by atoms with Crippen LogP contribution in [0.2, 0.25) is 0 Å². The lowest BCUT2D eigenvalue weighted by Crippen LogP contribution is -2.10. The van der Waals surface area contributed by atoms with E-state index in [9.17, 15) is 30.3 Å². The van der Waals surface area contributed by atoms with Gasteiger partial charge in [0.15, 0.2) is 11.4 Å². The van der Waals surface area contributed by atoms with E-state index in [0.717, 1.165) is 0 Å². The smallest absolute Gasteiger partial charge is 0.386 e. The molecule has 98 valence electrons. The van der Waals surface area contributed by atoms with Gasteiger partial charge in [0, 0.05) is 0 Å². The van der Waals surface area contributed by atoms with Crippen LogP contribution in [-0.2, 0) is 0 Å². The second-order valence-electron chi connectivity index (χ2n) is 3.21. The number of imidazole rings is 1. The molecule has 0 bridgehead atoms. The predicted molar refractivity (Wildman–Crippen MR) is 57.6 cm³/mol. The number of nitrogen functional groups attached to an aromatic ring is 1. The number of pyridine rings is 1. The van der Waals surface area contributed by atoms with E-state index in [2.05, 4.69) is 9.97 Å². The number of nitro groups is 3. The third kappa shape index (κ3) is 1.65. The second-order valence-corrected chi connectivity index (χ2v) is 3.21. The fourth-order valence-corrected chi connectivity index (χ4v) is 1.47. The minimum absolute atomic E-state index is 0.223. The summed E-state index contributed by atoms with van der Waals surface area (Å²) in [6.45, 7) is 0. The third-order valence-electron chi connectivity index (χ3n) is 2.19. The fraction of sp³-hybridized carbons (Fsp3) is 0. The summed E-state index contributed by atoms with van der Waals surface area (Å²) in [7, 11) is 0. The van der Waals surface area contributed by atoms with Gasteiger partial charge in [0.25, 0.3) is 5.52 Å². The molecule has 13 nitrogen and oxygen atoms in total. The summed E-state index contributed by atoms with van der Waals surface area (Å²) >= 11 is 0. The Labute approximate surface area is 101 Å². The van der Waals surface area contributed by atoms with E-state index >= 15 is 0 Å². The van der Waals surface area contributed by atoms with Crippen molar-refractivity contribution >= 4 is 28.4 Å². The number of rotatable bonds is 3. The van der Waals surface area contributed by atoms with E-state index in [-0.39, 0.29) is 4.68 Å². The highest BCUT2D eigenvalue weighted by Gasteiger charge is 2.35.